The molecule has 0 spiro atoms. The van der Waals surface area contributed by atoms with Gasteiger partial charge in [0.1, 0.15) is 0 Å². The monoisotopic (exact) mass is 379 g/mol. The van der Waals surface area contributed by atoms with E-state index in [4.69, 9.17) is 0 Å². The van der Waals surface area contributed by atoms with Gasteiger partial charge in [-0.15, -0.1) is 6.58 Å². The Kier molecular flexibility index (Phi) is 6.93. The molecule has 1 aromatic rings. The Balaban J connectivity index is 2.10. The first-order valence-corrected chi connectivity index (χ1v) is 10.3. The van der Waals surface area contributed by atoms with Crippen molar-refractivity contribution in [3.63, 3.8) is 0 Å². The van der Waals surface area contributed by atoms with E-state index in [0.717, 1.165) is 0 Å². The van der Waals surface area contributed by atoms with Crippen molar-refractivity contribution < 1.29 is 18.0 Å². The van der Waals surface area contributed by atoms with Gasteiger partial charge in [-0.05, 0) is 31.9 Å². The van der Waals surface area contributed by atoms with Gasteiger partial charge in [-0.25, -0.2) is 12.7 Å². The highest BCUT2D eigenvalue weighted by atomic mass is 32.2. The zero-order valence-electron chi connectivity index (χ0n) is 14.9. The summed E-state index contributed by atoms with van der Waals surface area (Å²) in [6, 6.07) is 6.73. The van der Waals surface area contributed by atoms with E-state index < -0.39 is 15.9 Å². The van der Waals surface area contributed by atoms with Crippen molar-refractivity contribution in [2.24, 2.45) is 5.92 Å². The van der Waals surface area contributed by atoms with Crippen molar-refractivity contribution in [3.8, 4) is 0 Å². The minimum atomic E-state index is -3.31. The third kappa shape index (κ3) is 4.92. The molecular formula is C18H25N3O4S. The maximum atomic E-state index is 12.6. The quantitative estimate of drug-likeness (QED) is 0.704. The average molecular weight is 379 g/mol. The highest BCUT2D eigenvalue weighted by molar-refractivity contribution is 7.89. The van der Waals surface area contributed by atoms with E-state index in [9.17, 15) is 18.0 Å². The molecule has 1 fully saturated rings. The summed E-state index contributed by atoms with van der Waals surface area (Å²) >= 11 is 0. The summed E-state index contributed by atoms with van der Waals surface area (Å²) in [7, 11) is -3.31. The molecule has 0 aliphatic carbocycles. The fraction of sp³-hybridized carbons (Fsp3) is 0.444. The molecule has 2 amide bonds. The number of rotatable bonds is 7. The van der Waals surface area contributed by atoms with Gasteiger partial charge in [0.05, 0.1) is 22.9 Å². The Morgan fingerprint density at radius 1 is 1.35 bits per heavy atom. The second-order valence-electron chi connectivity index (χ2n) is 6.13. The van der Waals surface area contributed by atoms with Crippen LogP contribution in [0.5, 0.6) is 0 Å². The molecule has 2 rings (SSSR count). The van der Waals surface area contributed by atoms with Crippen LogP contribution in [0.25, 0.3) is 0 Å². The van der Waals surface area contributed by atoms with Gasteiger partial charge < -0.3 is 10.6 Å². The topological polar surface area (TPSA) is 95.6 Å². The van der Waals surface area contributed by atoms with Crippen LogP contribution in [0.3, 0.4) is 0 Å². The molecule has 1 atom stereocenters. The predicted molar refractivity (Wildman–Crippen MR) is 101 cm³/mol. The van der Waals surface area contributed by atoms with Crippen LogP contribution in [0.4, 0.5) is 5.69 Å². The zero-order chi connectivity index (χ0) is 19.2. The van der Waals surface area contributed by atoms with Crippen LogP contribution >= 0.6 is 0 Å². The van der Waals surface area contributed by atoms with Gasteiger partial charge in [-0.3, -0.25) is 9.59 Å². The van der Waals surface area contributed by atoms with Crippen molar-refractivity contribution in [1.82, 2.24) is 9.62 Å². The molecule has 0 bridgehead atoms. The van der Waals surface area contributed by atoms with Gasteiger partial charge in [0.15, 0.2) is 0 Å². The van der Waals surface area contributed by atoms with Crippen molar-refractivity contribution in [1.29, 1.82) is 0 Å². The zero-order valence-corrected chi connectivity index (χ0v) is 15.7. The third-order valence-corrected chi connectivity index (χ3v) is 6.20. The summed E-state index contributed by atoms with van der Waals surface area (Å²) in [5.41, 5.74) is 0.770. The van der Waals surface area contributed by atoms with Crippen molar-refractivity contribution in [2.75, 3.05) is 30.7 Å². The maximum Gasteiger partial charge on any atom is 0.253 e. The third-order valence-electron chi connectivity index (χ3n) is 4.35. The first kappa shape index (κ1) is 20.1. The lowest BCUT2D eigenvalue weighted by Gasteiger charge is -2.31. The summed E-state index contributed by atoms with van der Waals surface area (Å²) in [6.07, 6.45) is 2.83. The van der Waals surface area contributed by atoms with E-state index in [0.29, 0.717) is 37.2 Å². The molecule has 0 aromatic heterocycles. The normalized spacial score (nSPS) is 18.1. The fourth-order valence-electron chi connectivity index (χ4n) is 2.88. The van der Waals surface area contributed by atoms with E-state index in [1.165, 1.54) is 4.31 Å². The van der Waals surface area contributed by atoms with Crippen LogP contribution in [0.15, 0.2) is 36.9 Å². The number of hydrogen-bond acceptors (Lipinski definition) is 4. The number of nitrogens with zero attached hydrogens (tertiary/aromatic N) is 1. The van der Waals surface area contributed by atoms with Crippen LogP contribution < -0.4 is 10.6 Å². The first-order chi connectivity index (χ1) is 12.4. The van der Waals surface area contributed by atoms with Crippen LogP contribution in [0, 0.1) is 5.92 Å². The van der Waals surface area contributed by atoms with E-state index >= 15 is 0 Å². The molecule has 0 radical (unpaired) electrons. The number of amides is 2. The Morgan fingerprint density at radius 3 is 2.77 bits per heavy atom. The lowest BCUT2D eigenvalue weighted by molar-refractivity contribution is -0.120. The van der Waals surface area contributed by atoms with Gasteiger partial charge in [0.2, 0.25) is 15.9 Å². The highest BCUT2D eigenvalue weighted by Crippen LogP contribution is 2.22. The number of para-hydroxylation sites is 1. The number of anilines is 1. The highest BCUT2D eigenvalue weighted by Gasteiger charge is 2.31. The second-order valence-corrected chi connectivity index (χ2v) is 8.39. The molecule has 142 valence electrons. The largest absolute Gasteiger partial charge is 0.349 e. The Bertz CT molecular complexity index is 776. The molecule has 1 aliphatic rings. The standard InChI is InChI=1S/C18H25N3O4S/c1-3-11-19-18(23)15-9-5-6-10-16(15)20-17(22)14-8-7-12-21(13-14)26(24,25)4-2/h3,5-6,9-10,14H,1,4,7-8,11-13H2,2H3,(H,19,23)(H,20,22)/t14-/m0/s1. The molecule has 0 saturated carbocycles. The number of carbonyl (C=O) groups is 2. The number of nitrogens with one attached hydrogen (secondary N) is 2. The van der Waals surface area contributed by atoms with Crippen LogP contribution in [0.1, 0.15) is 30.1 Å². The van der Waals surface area contributed by atoms with Crippen molar-refractivity contribution in [3.05, 3.63) is 42.5 Å². The smallest absolute Gasteiger partial charge is 0.253 e. The minimum absolute atomic E-state index is 0.0215. The number of carbonyl (C=O) groups excluding carboxylic acids is 2. The Morgan fingerprint density at radius 2 is 2.08 bits per heavy atom. The van der Waals surface area contributed by atoms with E-state index in [1.807, 2.05) is 0 Å². The molecule has 26 heavy (non-hydrogen) atoms. The fourth-order valence-corrected chi connectivity index (χ4v) is 4.06. The van der Waals surface area contributed by atoms with Gasteiger partial charge in [-0.1, -0.05) is 18.2 Å². The molecule has 1 aromatic carbocycles. The molecular weight excluding hydrogens is 354 g/mol. The number of benzene rings is 1. The SMILES string of the molecule is C=CCNC(=O)c1ccccc1NC(=O)[C@H]1CCCN(S(=O)(=O)CC)C1. The molecule has 7 nitrogen and oxygen atoms in total. The Hall–Kier alpha value is -2.19. The van der Waals surface area contributed by atoms with E-state index in [1.54, 1.807) is 37.3 Å². The average Bonchev–Trinajstić information content (AvgIpc) is 2.66. The first-order valence-electron chi connectivity index (χ1n) is 8.65. The predicted octanol–water partition coefficient (Wildman–Crippen LogP) is 1.60. The van der Waals surface area contributed by atoms with Crippen molar-refractivity contribution in [2.45, 2.75) is 19.8 Å². The molecule has 1 saturated heterocycles. The van der Waals surface area contributed by atoms with Gasteiger partial charge in [-0.2, -0.15) is 0 Å². The summed E-state index contributed by atoms with van der Waals surface area (Å²) < 4.78 is 25.5. The summed E-state index contributed by atoms with van der Waals surface area (Å²) in [4.78, 5) is 24.8. The van der Waals surface area contributed by atoms with Crippen LogP contribution in [0.2, 0.25) is 0 Å². The minimum Gasteiger partial charge on any atom is -0.349 e. The molecule has 1 heterocycles. The number of piperidine rings is 1. The maximum absolute atomic E-state index is 12.6. The number of hydrogen-bond donors (Lipinski definition) is 2. The molecule has 1 aliphatic heterocycles. The number of sulfonamides is 1. The summed E-state index contributed by atoms with van der Waals surface area (Å²) in [5, 5.41) is 5.46. The molecule has 8 heteroatoms. The lowest BCUT2D eigenvalue weighted by Crippen LogP contribution is -2.44. The van der Waals surface area contributed by atoms with E-state index in [-0.39, 0.29) is 24.1 Å². The summed E-state index contributed by atoms with van der Waals surface area (Å²) in [5.74, 6) is -0.993. The summed E-state index contributed by atoms with van der Waals surface area (Å²) in [6.45, 7) is 6.09. The molecule has 2 N–H and O–H groups in total. The Labute approximate surface area is 154 Å². The van der Waals surface area contributed by atoms with Gasteiger partial charge in [0, 0.05) is 19.6 Å². The van der Waals surface area contributed by atoms with Crippen LogP contribution in [-0.2, 0) is 14.8 Å². The van der Waals surface area contributed by atoms with Crippen LogP contribution in [-0.4, -0.2) is 49.9 Å². The van der Waals surface area contributed by atoms with Gasteiger partial charge >= 0.3 is 0 Å². The second kappa shape index (κ2) is 8.95. The van der Waals surface area contributed by atoms with Crippen molar-refractivity contribution >= 4 is 27.5 Å². The van der Waals surface area contributed by atoms with Gasteiger partial charge in [0.25, 0.3) is 5.91 Å². The lowest BCUT2D eigenvalue weighted by atomic mass is 9.98. The van der Waals surface area contributed by atoms with E-state index in [2.05, 4.69) is 17.2 Å². The molecule has 0 unspecified atom stereocenters.